The van der Waals surface area contributed by atoms with Gasteiger partial charge in [0.2, 0.25) is 0 Å². The van der Waals surface area contributed by atoms with Crippen LogP contribution in [0.5, 0.6) is 0 Å². The predicted molar refractivity (Wildman–Crippen MR) is 77.9 cm³/mol. The average Bonchev–Trinajstić information content (AvgIpc) is 2.88. The van der Waals surface area contributed by atoms with Crippen molar-refractivity contribution in [1.29, 1.82) is 0 Å². The molecule has 1 heterocycles. The predicted octanol–water partition coefficient (Wildman–Crippen LogP) is 1.88. The van der Waals surface area contributed by atoms with Crippen molar-refractivity contribution in [3.63, 3.8) is 0 Å². The summed E-state index contributed by atoms with van der Waals surface area (Å²) in [6.07, 6.45) is 2.68. The lowest BCUT2D eigenvalue weighted by Gasteiger charge is -2.13. The zero-order valence-electron chi connectivity index (χ0n) is 11.6. The molecule has 6 heteroatoms. The number of benzene rings is 1. The Hall–Kier alpha value is -1.66. The number of imidazole rings is 1. The molecule has 0 amide bonds. The van der Waals surface area contributed by atoms with Crippen molar-refractivity contribution in [1.82, 2.24) is 14.7 Å². The lowest BCUT2D eigenvalue weighted by Crippen LogP contribution is -2.34. The Balaban J connectivity index is 2.04. The van der Waals surface area contributed by atoms with E-state index in [9.17, 15) is 8.42 Å². The number of rotatable bonds is 6. The van der Waals surface area contributed by atoms with Gasteiger partial charge in [-0.3, -0.25) is 0 Å². The van der Waals surface area contributed by atoms with E-state index in [0.29, 0.717) is 18.7 Å². The third kappa shape index (κ3) is 3.68. The van der Waals surface area contributed by atoms with Crippen molar-refractivity contribution in [3.8, 4) is 0 Å². The van der Waals surface area contributed by atoms with Gasteiger partial charge < -0.3 is 4.98 Å². The SMILES string of the molecule is CCc1ncc(S(=O)(=O)NC(C)Cc2ccccc2)[nH]1. The smallest absolute Gasteiger partial charge is 0.257 e. The Morgan fingerprint density at radius 2 is 2.00 bits per heavy atom. The summed E-state index contributed by atoms with van der Waals surface area (Å²) in [5.41, 5.74) is 1.10. The summed E-state index contributed by atoms with van der Waals surface area (Å²) in [5.74, 6) is 0.668. The summed E-state index contributed by atoms with van der Waals surface area (Å²) >= 11 is 0. The molecular weight excluding hydrogens is 274 g/mol. The first-order chi connectivity index (χ1) is 9.51. The van der Waals surface area contributed by atoms with Crippen LogP contribution in [0, 0.1) is 0 Å². The van der Waals surface area contributed by atoms with E-state index >= 15 is 0 Å². The van der Waals surface area contributed by atoms with E-state index in [0.717, 1.165) is 5.56 Å². The second kappa shape index (κ2) is 6.19. The van der Waals surface area contributed by atoms with Gasteiger partial charge in [0.15, 0.2) is 5.03 Å². The maximum atomic E-state index is 12.2. The molecule has 0 radical (unpaired) electrons. The Morgan fingerprint density at radius 3 is 2.60 bits per heavy atom. The standard InChI is InChI=1S/C14H19N3O2S/c1-3-13-15-10-14(16-13)20(18,19)17-11(2)9-12-7-5-4-6-8-12/h4-8,10-11,17H,3,9H2,1-2H3,(H,15,16). The molecule has 2 N–H and O–H groups in total. The summed E-state index contributed by atoms with van der Waals surface area (Å²) in [6, 6.07) is 9.61. The molecule has 0 bridgehead atoms. The van der Waals surface area contributed by atoms with Gasteiger partial charge in [0.1, 0.15) is 5.82 Å². The van der Waals surface area contributed by atoms with Crippen LogP contribution in [0.3, 0.4) is 0 Å². The van der Waals surface area contributed by atoms with E-state index in [1.165, 1.54) is 6.20 Å². The molecule has 0 fully saturated rings. The number of H-pyrrole nitrogens is 1. The van der Waals surface area contributed by atoms with Crippen molar-refractivity contribution >= 4 is 10.0 Å². The number of aromatic amines is 1. The molecule has 108 valence electrons. The Morgan fingerprint density at radius 1 is 1.30 bits per heavy atom. The zero-order chi connectivity index (χ0) is 14.6. The molecule has 2 aromatic rings. The van der Waals surface area contributed by atoms with Gasteiger partial charge in [0.25, 0.3) is 10.0 Å². The molecule has 20 heavy (non-hydrogen) atoms. The van der Waals surface area contributed by atoms with Crippen LogP contribution in [0.2, 0.25) is 0 Å². The van der Waals surface area contributed by atoms with Gasteiger partial charge in [-0.2, -0.15) is 0 Å². The van der Waals surface area contributed by atoms with Crippen molar-refractivity contribution in [2.45, 2.75) is 37.8 Å². The fourth-order valence-electron chi connectivity index (χ4n) is 2.00. The van der Waals surface area contributed by atoms with Crippen LogP contribution >= 0.6 is 0 Å². The van der Waals surface area contributed by atoms with Crippen LogP contribution in [-0.4, -0.2) is 24.4 Å². The first kappa shape index (κ1) is 14.7. The zero-order valence-corrected chi connectivity index (χ0v) is 12.4. The molecule has 0 spiro atoms. The lowest BCUT2D eigenvalue weighted by molar-refractivity contribution is 0.556. The number of hydrogen-bond acceptors (Lipinski definition) is 3. The largest absolute Gasteiger partial charge is 0.332 e. The Bertz CT molecular complexity index is 650. The number of hydrogen-bond donors (Lipinski definition) is 2. The van der Waals surface area contributed by atoms with Gasteiger partial charge in [-0.15, -0.1) is 0 Å². The third-order valence-corrected chi connectivity index (χ3v) is 4.47. The quantitative estimate of drug-likeness (QED) is 0.854. The summed E-state index contributed by atoms with van der Waals surface area (Å²) in [5, 5.41) is 0.120. The molecule has 0 saturated carbocycles. The van der Waals surface area contributed by atoms with E-state index in [4.69, 9.17) is 0 Å². The Labute approximate surface area is 119 Å². The van der Waals surface area contributed by atoms with Crippen LogP contribution in [0.15, 0.2) is 41.6 Å². The molecule has 2 rings (SSSR count). The molecule has 1 aromatic carbocycles. The molecule has 0 aliphatic rings. The van der Waals surface area contributed by atoms with E-state index < -0.39 is 10.0 Å². The maximum Gasteiger partial charge on any atom is 0.257 e. The summed E-state index contributed by atoms with van der Waals surface area (Å²) in [7, 11) is -3.54. The minimum absolute atomic E-state index is 0.120. The molecule has 0 aliphatic heterocycles. The van der Waals surface area contributed by atoms with E-state index in [2.05, 4.69) is 14.7 Å². The summed E-state index contributed by atoms with van der Waals surface area (Å²) < 4.78 is 27.0. The van der Waals surface area contributed by atoms with Gasteiger partial charge in [-0.1, -0.05) is 37.3 Å². The fraction of sp³-hybridized carbons (Fsp3) is 0.357. The van der Waals surface area contributed by atoms with E-state index in [1.807, 2.05) is 44.2 Å². The number of nitrogens with one attached hydrogen (secondary N) is 2. The molecule has 0 aliphatic carbocycles. The number of aromatic nitrogens is 2. The topological polar surface area (TPSA) is 74.8 Å². The minimum atomic E-state index is -3.54. The van der Waals surface area contributed by atoms with Crippen LogP contribution in [0.4, 0.5) is 0 Å². The van der Waals surface area contributed by atoms with Gasteiger partial charge in [-0.25, -0.2) is 18.1 Å². The first-order valence-corrected chi connectivity index (χ1v) is 8.09. The van der Waals surface area contributed by atoms with Gasteiger partial charge in [-0.05, 0) is 18.9 Å². The molecule has 1 aromatic heterocycles. The van der Waals surface area contributed by atoms with Crippen molar-refractivity contribution < 1.29 is 8.42 Å². The maximum absolute atomic E-state index is 12.2. The molecule has 1 unspecified atom stereocenters. The van der Waals surface area contributed by atoms with Crippen LogP contribution in [0.1, 0.15) is 25.2 Å². The van der Waals surface area contributed by atoms with E-state index in [-0.39, 0.29) is 11.1 Å². The molecular formula is C14H19N3O2S. The third-order valence-electron chi connectivity index (χ3n) is 2.97. The van der Waals surface area contributed by atoms with Gasteiger partial charge in [0.05, 0.1) is 6.20 Å². The molecule has 0 saturated heterocycles. The second-order valence-corrected chi connectivity index (χ2v) is 6.44. The highest BCUT2D eigenvalue weighted by Crippen LogP contribution is 2.09. The number of aryl methyl sites for hydroxylation is 1. The van der Waals surface area contributed by atoms with Crippen molar-refractivity contribution in [2.24, 2.45) is 0 Å². The normalized spacial score (nSPS) is 13.3. The minimum Gasteiger partial charge on any atom is -0.332 e. The highest BCUT2D eigenvalue weighted by molar-refractivity contribution is 7.89. The van der Waals surface area contributed by atoms with Crippen molar-refractivity contribution in [3.05, 3.63) is 47.9 Å². The van der Waals surface area contributed by atoms with Gasteiger partial charge >= 0.3 is 0 Å². The lowest BCUT2D eigenvalue weighted by atomic mass is 10.1. The summed E-state index contributed by atoms with van der Waals surface area (Å²) in [4.78, 5) is 6.83. The molecule has 1 atom stereocenters. The second-order valence-electron chi connectivity index (χ2n) is 4.76. The summed E-state index contributed by atoms with van der Waals surface area (Å²) in [6.45, 7) is 3.77. The fourth-order valence-corrected chi connectivity index (χ4v) is 3.18. The highest BCUT2D eigenvalue weighted by atomic mass is 32.2. The Kier molecular flexibility index (Phi) is 4.57. The van der Waals surface area contributed by atoms with Crippen LogP contribution < -0.4 is 4.72 Å². The van der Waals surface area contributed by atoms with Gasteiger partial charge in [0, 0.05) is 12.5 Å². The van der Waals surface area contributed by atoms with E-state index in [1.54, 1.807) is 0 Å². The first-order valence-electron chi connectivity index (χ1n) is 6.61. The van der Waals surface area contributed by atoms with Crippen LogP contribution in [0.25, 0.3) is 0 Å². The monoisotopic (exact) mass is 293 g/mol. The highest BCUT2D eigenvalue weighted by Gasteiger charge is 2.19. The molecule has 5 nitrogen and oxygen atoms in total. The average molecular weight is 293 g/mol. The van der Waals surface area contributed by atoms with Crippen molar-refractivity contribution in [2.75, 3.05) is 0 Å². The van der Waals surface area contributed by atoms with Crippen LogP contribution in [-0.2, 0) is 22.9 Å². The number of nitrogens with zero attached hydrogens (tertiary/aromatic N) is 1. The number of sulfonamides is 1.